The number of carbonyl (C=O) groups excluding carboxylic acids is 2. The maximum absolute atomic E-state index is 13.1. The fraction of sp³-hybridized carbons (Fsp3) is 0.417. The highest BCUT2D eigenvalue weighted by Gasteiger charge is 2.29. The van der Waals surface area contributed by atoms with Crippen LogP contribution in [0, 0.1) is 5.92 Å². The zero-order valence-corrected chi connectivity index (χ0v) is 18.0. The van der Waals surface area contributed by atoms with Gasteiger partial charge in [-0.2, -0.15) is 0 Å². The van der Waals surface area contributed by atoms with Gasteiger partial charge in [-0.1, -0.05) is 38.1 Å². The maximum Gasteiger partial charge on any atom is 0.252 e. The Hall–Kier alpha value is -3.02. The van der Waals surface area contributed by atoms with E-state index in [2.05, 4.69) is 22.8 Å². The summed E-state index contributed by atoms with van der Waals surface area (Å²) in [5.41, 5.74) is 2.83. The molecule has 0 saturated carbocycles. The second-order valence-corrected chi connectivity index (χ2v) is 7.95. The van der Waals surface area contributed by atoms with Crippen molar-refractivity contribution in [2.24, 2.45) is 5.92 Å². The summed E-state index contributed by atoms with van der Waals surface area (Å²) in [7, 11) is 3.06. The molecule has 0 spiro atoms. The summed E-state index contributed by atoms with van der Waals surface area (Å²) in [4.78, 5) is 26.0. The van der Waals surface area contributed by atoms with Crippen molar-refractivity contribution in [3.05, 3.63) is 59.2 Å². The molecule has 2 N–H and O–H groups in total. The highest BCUT2D eigenvalue weighted by Crippen LogP contribution is 2.29. The third-order valence-corrected chi connectivity index (χ3v) is 5.54. The molecular formula is C24H30N2O4. The number of methoxy groups -OCH3 is 2. The number of ether oxygens (including phenoxy) is 2. The van der Waals surface area contributed by atoms with Crippen molar-refractivity contribution in [2.75, 3.05) is 14.2 Å². The van der Waals surface area contributed by atoms with Crippen LogP contribution >= 0.6 is 0 Å². The molecule has 0 bridgehead atoms. The minimum absolute atomic E-state index is 0.0301. The van der Waals surface area contributed by atoms with Gasteiger partial charge in [0, 0.05) is 11.6 Å². The Morgan fingerprint density at radius 1 is 1.03 bits per heavy atom. The Balaban J connectivity index is 1.75. The van der Waals surface area contributed by atoms with E-state index >= 15 is 0 Å². The summed E-state index contributed by atoms with van der Waals surface area (Å²) in [5.74, 6) is 0.452. The first-order valence-electron chi connectivity index (χ1n) is 10.3. The fourth-order valence-electron chi connectivity index (χ4n) is 3.86. The van der Waals surface area contributed by atoms with Gasteiger partial charge < -0.3 is 20.1 Å². The molecule has 1 aliphatic rings. The number of rotatable bonds is 7. The molecule has 160 valence electrons. The van der Waals surface area contributed by atoms with Crippen molar-refractivity contribution in [2.45, 2.75) is 45.2 Å². The van der Waals surface area contributed by atoms with Gasteiger partial charge in [0.2, 0.25) is 5.91 Å². The van der Waals surface area contributed by atoms with Gasteiger partial charge in [-0.3, -0.25) is 9.59 Å². The van der Waals surface area contributed by atoms with Gasteiger partial charge in [-0.25, -0.2) is 0 Å². The third-order valence-electron chi connectivity index (χ3n) is 5.54. The number of amides is 2. The summed E-state index contributed by atoms with van der Waals surface area (Å²) in [6.07, 6.45) is 2.96. The van der Waals surface area contributed by atoms with Gasteiger partial charge in [-0.15, -0.1) is 0 Å². The van der Waals surface area contributed by atoms with Gasteiger partial charge in [0.1, 0.15) is 17.5 Å². The van der Waals surface area contributed by atoms with Crippen molar-refractivity contribution >= 4 is 11.8 Å². The van der Waals surface area contributed by atoms with Gasteiger partial charge in [0.15, 0.2) is 0 Å². The maximum atomic E-state index is 13.1. The van der Waals surface area contributed by atoms with Crippen LogP contribution in [0.25, 0.3) is 0 Å². The van der Waals surface area contributed by atoms with E-state index in [-0.39, 0.29) is 23.8 Å². The summed E-state index contributed by atoms with van der Waals surface area (Å²) in [6.45, 7) is 3.84. The first-order valence-corrected chi connectivity index (χ1v) is 10.3. The normalized spacial score (nSPS) is 16.4. The average molecular weight is 411 g/mol. The molecule has 2 atom stereocenters. The molecule has 2 aromatic rings. The van der Waals surface area contributed by atoms with E-state index in [0.717, 1.165) is 19.3 Å². The lowest BCUT2D eigenvalue weighted by Crippen LogP contribution is -2.50. The van der Waals surface area contributed by atoms with Crippen LogP contribution in [0.15, 0.2) is 42.5 Å². The fourth-order valence-corrected chi connectivity index (χ4v) is 3.86. The van der Waals surface area contributed by atoms with Gasteiger partial charge in [0.25, 0.3) is 5.91 Å². The van der Waals surface area contributed by atoms with Gasteiger partial charge >= 0.3 is 0 Å². The van der Waals surface area contributed by atoms with Crippen molar-refractivity contribution in [3.63, 3.8) is 0 Å². The molecule has 0 aliphatic heterocycles. The quantitative estimate of drug-likeness (QED) is 0.731. The number of fused-ring (bicyclic) bond motifs is 1. The molecule has 0 radical (unpaired) electrons. The Labute approximate surface area is 178 Å². The molecule has 0 fully saturated rings. The van der Waals surface area contributed by atoms with Crippen LogP contribution in [-0.4, -0.2) is 32.1 Å². The Kier molecular flexibility index (Phi) is 6.98. The third kappa shape index (κ3) is 4.93. The molecule has 1 unspecified atom stereocenters. The Morgan fingerprint density at radius 2 is 1.70 bits per heavy atom. The van der Waals surface area contributed by atoms with E-state index in [0.29, 0.717) is 17.1 Å². The first kappa shape index (κ1) is 21.7. The Morgan fingerprint density at radius 3 is 2.33 bits per heavy atom. The average Bonchev–Trinajstić information content (AvgIpc) is 2.76. The topological polar surface area (TPSA) is 76.7 Å². The summed E-state index contributed by atoms with van der Waals surface area (Å²) < 4.78 is 10.5. The van der Waals surface area contributed by atoms with Crippen LogP contribution in [0.1, 0.15) is 54.2 Å². The second kappa shape index (κ2) is 9.65. The lowest BCUT2D eigenvalue weighted by atomic mass is 9.87. The first-order chi connectivity index (χ1) is 14.4. The van der Waals surface area contributed by atoms with Crippen LogP contribution in [0.4, 0.5) is 0 Å². The SMILES string of the molecule is COc1cc(OC)cc(C(=O)N[C@H](C(=O)NC2CCCc3ccccc32)C(C)C)c1. The van der Waals surface area contributed by atoms with Crippen LogP contribution in [0.5, 0.6) is 11.5 Å². The van der Waals surface area contributed by atoms with Gasteiger partial charge in [0.05, 0.1) is 20.3 Å². The molecule has 6 nitrogen and oxygen atoms in total. The zero-order valence-electron chi connectivity index (χ0n) is 18.0. The highest BCUT2D eigenvalue weighted by atomic mass is 16.5. The van der Waals surface area contributed by atoms with E-state index in [9.17, 15) is 9.59 Å². The van der Waals surface area contributed by atoms with Crippen LogP contribution in [-0.2, 0) is 11.2 Å². The molecule has 6 heteroatoms. The number of aryl methyl sites for hydroxylation is 1. The zero-order chi connectivity index (χ0) is 21.7. The lowest BCUT2D eigenvalue weighted by Gasteiger charge is -2.29. The van der Waals surface area contributed by atoms with E-state index in [1.54, 1.807) is 18.2 Å². The Bertz CT molecular complexity index is 888. The molecule has 1 aliphatic carbocycles. The summed E-state index contributed by atoms with van der Waals surface area (Å²) >= 11 is 0. The van der Waals surface area contributed by atoms with Gasteiger partial charge in [-0.05, 0) is 48.4 Å². The number of benzene rings is 2. The molecular weight excluding hydrogens is 380 g/mol. The number of carbonyl (C=O) groups is 2. The second-order valence-electron chi connectivity index (χ2n) is 7.95. The summed E-state index contributed by atoms with van der Waals surface area (Å²) in [6, 6.07) is 12.5. The standard InChI is InChI=1S/C24H30N2O4/c1-15(2)22(26-23(27)17-12-18(29-3)14-19(13-17)30-4)24(28)25-21-11-7-9-16-8-5-6-10-20(16)21/h5-6,8,10,12-15,21-22H,7,9,11H2,1-4H3,(H,25,28)(H,26,27)/t21?,22-/m0/s1. The van der Waals surface area contributed by atoms with Crippen molar-refractivity contribution in [3.8, 4) is 11.5 Å². The van der Waals surface area contributed by atoms with E-state index in [1.165, 1.54) is 25.3 Å². The molecule has 0 aromatic heterocycles. The van der Waals surface area contributed by atoms with Crippen molar-refractivity contribution in [1.29, 1.82) is 0 Å². The molecule has 2 aromatic carbocycles. The largest absolute Gasteiger partial charge is 0.497 e. The molecule has 3 rings (SSSR count). The smallest absolute Gasteiger partial charge is 0.252 e. The van der Waals surface area contributed by atoms with Crippen LogP contribution in [0.3, 0.4) is 0 Å². The molecule has 0 heterocycles. The number of hydrogen-bond acceptors (Lipinski definition) is 4. The van der Waals surface area contributed by atoms with E-state index < -0.39 is 6.04 Å². The number of hydrogen-bond donors (Lipinski definition) is 2. The molecule has 30 heavy (non-hydrogen) atoms. The van der Waals surface area contributed by atoms with Crippen LogP contribution < -0.4 is 20.1 Å². The lowest BCUT2D eigenvalue weighted by molar-refractivity contribution is -0.124. The molecule has 0 saturated heterocycles. The monoisotopic (exact) mass is 410 g/mol. The van der Waals surface area contributed by atoms with Crippen molar-refractivity contribution < 1.29 is 19.1 Å². The minimum Gasteiger partial charge on any atom is -0.497 e. The molecule has 2 amide bonds. The highest BCUT2D eigenvalue weighted by molar-refractivity contribution is 5.98. The minimum atomic E-state index is -0.649. The predicted molar refractivity (Wildman–Crippen MR) is 116 cm³/mol. The van der Waals surface area contributed by atoms with Crippen molar-refractivity contribution in [1.82, 2.24) is 10.6 Å². The van der Waals surface area contributed by atoms with Crippen LogP contribution in [0.2, 0.25) is 0 Å². The van der Waals surface area contributed by atoms with E-state index in [1.807, 2.05) is 26.0 Å². The number of nitrogens with one attached hydrogen (secondary N) is 2. The predicted octanol–water partition coefficient (Wildman–Crippen LogP) is 3.65. The van der Waals surface area contributed by atoms with E-state index in [4.69, 9.17) is 9.47 Å². The summed E-state index contributed by atoms with van der Waals surface area (Å²) in [5, 5.41) is 6.04.